The number of rotatable bonds is 7. The van der Waals surface area contributed by atoms with E-state index < -0.39 is 11.6 Å². The van der Waals surface area contributed by atoms with Crippen LogP contribution >= 0.6 is 0 Å². The Bertz CT molecular complexity index is 1020. The van der Waals surface area contributed by atoms with Crippen molar-refractivity contribution in [2.24, 2.45) is 5.92 Å². The minimum atomic E-state index is -0.822. The number of nitrogens with zero attached hydrogens (tertiary/aromatic N) is 2. The zero-order valence-corrected chi connectivity index (χ0v) is 17.9. The van der Waals surface area contributed by atoms with Gasteiger partial charge in [-0.05, 0) is 67.2 Å². The molecule has 2 heterocycles. The van der Waals surface area contributed by atoms with Gasteiger partial charge in [0.25, 0.3) is 0 Å². The number of pyridine rings is 1. The summed E-state index contributed by atoms with van der Waals surface area (Å²) in [5.74, 6) is -1.40. The number of hydrogen-bond donors (Lipinski definition) is 1. The molecule has 32 heavy (non-hydrogen) atoms. The van der Waals surface area contributed by atoms with Gasteiger partial charge in [0.15, 0.2) is 11.6 Å². The molecule has 1 atom stereocenters. The molecule has 1 aromatic heterocycles. The maximum Gasteiger partial charge on any atom is 0.224 e. The van der Waals surface area contributed by atoms with Gasteiger partial charge in [-0.3, -0.25) is 14.7 Å². The van der Waals surface area contributed by atoms with Crippen LogP contribution in [0.4, 0.5) is 8.78 Å². The highest BCUT2D eigenvalue weighted by Crippen LogP contribution is 2.30. The highest BCUT2D eigenvalue weighted by atomic mass is 19.2. The van der Waals surface area contributed by atoms with Gasteiger partial charge in [0, 0.05) is 12.7 Å². The average molecular weight is 436 g/mol. The van der Waals surface area contributed by atoms with Gasteiger partial charge >= 0.3 is 0 Å². The molecule has 0 saturated carbocycles. The standard InChI is InChI=1S/C26H27F2N3O/c27-22-10-9-20(16-23(22)28)18-31-14-11-21(12-15-31)26(24-8-4-5-13-29-24)30-25(32)17-19-6-2-1-3-7-19/h1-10,13,16,21,26H,11-12,14-15,17-18H2,(H,30,32)/t26-/m1/s1. The zero-order valence-electron chi connectivity index (χ0n) is 17.9. The minimum Gasteiger partial charge on any atom is -0.347 e. The summed E-state index contributed by atoms with van der Waals surface area (Å²) in [7, 11) is 0. The second-order valence-electron chi connectivity index (χ2n) is 8.32. The molecule has 1 aliphatic rings. The molecule has 0 spiro atoms. The van der Waals surface area contributed by atoms with Gasteiger partial charge < -0.3 is 5.32 Å². The number of carbonyl (C=O) groups excluding carboxylic acids is 1. The van der Waals surface area contributed by atoms with Crippen molar-refractivity contribution in [2.45, 2.75) is 31.8 Å². The van der Waals surface area contributed by atoms with Crippen LogP contribution in [0.15, 0.2) is 72.9 Å². The number of nitrogens with one attached hydrogen (secondary N) is 1. The predicted octanol–water partition coefficient (Wildman–Crippen LogP) is 4.67. The van der Waals surface area contributed by atoms with Crippen LogP contribution in [0, 0.1) is 17.6 Å². The summed E-state index contributed by atoms with van der Waals surface area (Å²) >= 11 is 0. The molecule has 0 unspecified atom stereocenters. The van der Waals surface area contributed by atoms with Gasteiger partial charge in [0.2, 0.25) is 5.91 Å². The molecule has 4 rings (SSSR count). The van der Waals surface area contributed by atoms with E-state index >= 15 is 0 Å². The summed E-state index contributed by atoms with van der Waals surface area (Å²) in [5, 5.41) is 3.22. The van der Waals surface area contributed by atoms with Crippen LogP contribution in [-0.2, 0) is 17.8 Å². The van der Waals surface area contributed by atoms with Gasteiger partial charge in [0.05, 0.1) is 18.2 Å². The number of likely N-dealkylation sites (tertiary alicyclic amines) is 1. The molecule has 4 nitrogen and oxygen atoms in total. The van der Waals surface area contributed by atoms with Crippen LogP contribution in [0.5, 0.6) is 0 Å². The fraction of sp³-hybridized carbons (Fsp3) is 0.308. The third kappa shape index (κ3) is 5.77. The molecule has 3 aromatic rings. The molecule has 6 heteroatoms. The number of amides is 1. The Morgan fingerprint density at radius 2 is 1.72 bits per heavy atom. The SMILES string of the molecule is O=C(Cc1ccccc1)N[C@@H](c1ccccn1)C1CCN(Cc2ccc(F)c(F)c2)CC1. The smallest absolute Gasteiger partial charge is 0.224 e. The Kier molecular flexibility index (Phi) is 7.22. The monoisotopic (exact) mass is 435 g/mol. The molecule has 0 radical (unpaired) electrons. The Morgan fingerprint density at radius 1 is 0.969 bits per heavy atom. The molecule has 0 aliphatic carbocycles. The van der Waals surface area contributed by atoms with E-state index in [1.54, 1.807) is 12.3 Å². The van der Waals surface area contributed by atoms with E-state index in [9.17, 15) is 13.6 Å². The van der Waals surface area contributed by atoms with Crippen molar-refractivity contribution in [3.05, 3.63) is 101 Å². The summed E-state index contributed by atoms with van der Waals surface area (Å²) in [4.78, 5) is 19.5. The fourth-order valence-corrected chi connectivity index (χ4v) is 4.34. The van der Waals surface area contributed by atoms with Gasteiger partial charge in [-0.25, -0.2) is 8.78 Å². The molecule has 166 valence electrons. The van der Waals surface area contributed by atoms with Crippen molar-refractivity contribution in [2.75, 3.05) is 13.1 Å². The zero-order chi connectivity index (χ0) is 22.3. The van der Waals surface area contributed by atoms with Gasteiger partial charge in [0.1, 0.15) is 0 Å². The molecule has 1 fully saturated rings. The molecular weight excluding hydrogens is 408 g/mol. The van der Waals surface area contributed by atoms with Crippen LogP contribution in [0.1, 0.15) is 35.7 Å². The third-order valence-electron chi connectivity index (χ3n) is 6.02. The fourth-order valence-electron chi connectivity index (χ4n) is 4.34. The van der Waals surface area contributed by atoms with Crippen molar-refractivity contribution in [1.82, 2.24) is 15.2 Å². The van der Waals surface area contributed by atoms with Crippen molar-refractivity contribution in [3.8, 4) is 0 Å². The number of carbonyl (C=O) groups is 1. The quantitative estimate of drug-likeness (QED) is 0.587. The average Bonchev–Trinajstić information content (AvgIpc) is 2.82. The minimum absolute atomic E-state index is 0.0175. The number of halogens is 2. The van der Waals surface area contributed by atoms with Gasteiger partial charge in [-0.2, -0.15) is 0 Å². The topological polar surface area (TPSA) is 45.2 Å². The molecule has 1 aliphatic heterocycles. The first-order valence-corrected chi connectivity index (χ1v) is 11.0. The largest absolute Gasteiger partial charge is 0.347 e. The molecule has 1 N–H and O–H groups in total. The van der Waals surface area contributed by atoms with Crippen molar-refractivity contribution in [1.29, 1.82) is 0 Å². The maximum absolute atomic E-state index is 13.5. The lowest BCUT2D eigenvalue weighted by atomic mass is 9.87. The Hall–Kier alpha value is -3.12. The summed E-state index contributed by atoms with van der Waals surface area (Å²) in [6.45, 7) is 2.22. The lowest BCUT2D eigenvalue weighted by Crippen LogP contribution is -2.41. The number of aromatic nitrogens is 1. The van der Waals surface area contributed by atoms with Crippen LogP contribution in [-0.4, -0.2) is 28.9 Å². The molecular formula is C26H27F2N3O. The van der Waals surface area contributed by atoms with Gasteiger partial charge in [-0.15, -0.1) is 0 Å². The molecule has 1 saturated heterocycles. The second-order valence-corrected chi connectivity index (χ2v) is 8.32. The van der Waals surface area contributed by atoms with E-state index in [-0.39, 0.29) is 17.9 Å². The Labute approximate surface area is 187 Å². The third-order valence-corrected chi connectivity index (χ3v) is 6.02. The molecule has 0 bridgehead atoms. The maximum atomic E-state index is 13.5. The van der Waals surface area contributed by atoms with Crippen molar-refractivity contribution >= 4 is 5.91 Å². The first kappa shape index (κ1) is 22.1. The lowest BCUT2D eigenvalue weighted by molar-refractivity contribution is -0.121. The van der Waals surface area contributed by atoms with E-state index in [4.69, 9.17) is 0 Å². The summed E-state index contributed by atoms with van der Waals surface area (Å²) in [5.41, 5.74) is 2.61. The van der Waals surface area contributed by atoms with Crippen molar-refractivity contribution < 1.29 is 13.6 Å². The van der Waals surface area contributed by atoms with Crippen LogP contribution in [0.3, 0.4) is 0 Å². The Balaban J connectivity index is 1.40. The van der Waals surface area contributed by atoms with Gasteiger partial charge in [-0.1, -0.05) is 42.5 Å². The van der Waals surface area contributed by atoms with Crippen LogP contribution in [0.25, 0.3) is 0 Å². The van der Waals surface area contributed by atoms with E-state index in [1.165, 1.54) is 12.1 Å². The first-order chi connectivity index (χ1) is 15.6. The van der Waals surface area contributed by atoms with Crippen LogP contribution in [0.2, 0.25) is 0 Å². The highest BCUT2D eigenvalue weighted by molar-refractivity contribution is 5.79. The van der Waals surface area contributed by atoms with E-state index in [1.807, 2.05) is 48.5 Å². The lowest BCUT2D eigenvalue weighted by Gasteiger charge is -2.36. The summed E-state index contributed by atoms with van der Waals surface area (Å²) in [6, 6.07) is 19.4. The van der Waals surface area contributed by atoms with E-state index in [2.05, 4.69) is 15.2 Å². The Morgan fingerprint density at radius 3 is 2.41 bits per heavy atom. The highest BCUT2D eigenvalue weighted by Gasteiger charge is 2.29. The molecule has 2 aromatic carbocycles. The normalized spacial score (nSPS) is 15.9. The predicted molar refractivity (Wildman–Crippen MR) is 120 cm³/mol. The van der Waals surface area contributed by atoms with E-state index in [0.717, 1.165) is 42.8 Å². The first-order valence-electron chi connectivity index (χ1n) is 11.0. The second kappa shape index (κ2) is 10.5. The molecule has 1 amide bonds. The number of piperidine rings is 1. The van der Waals surface area contributed by atoms with Crippen molar-refractivity contribution in [3.63, 3.8) is 0 Å². The summed E-state index contributed by atoms with van der Waals surface area (Å²) in [6.07, 6.45) is 3.86. The van der Waals surface area contributed by atoms with Crippen LogP contribution < -0.4 is 5.32 Å². The summed E-state index contributed by atoms with van der Waals surface area (Å²) < 4.78 is 26.7. The number of benzene rings is 2. The number of hydrogen-bond acceptors (Lipinski definition) is 3. The van der Waals surface area contributed by atoms with E-state index in [0.29, 0.717) is 13.0 Å².